The summed E-state index contributed by atoms with van der Waals surface area (Å²) in [7, 11) is -3.55. The molecule has 0 amide bonds. The van der Waals surface area contributed by atoms with E-state index in [0.717, 1.165) is 32.3 Å². The summed E-state index contributed by atoms with van der Waals surface area (Å²) in [5, 5.41) is 11.3. The maximum atomic E-state index is 11.5. The third-order valence-corrected chi connectivity index (χ3v) is 6.57. The Bertz CT molecular complexity index is 1050. The summed E-state index contributed by atoms with van der Waals surface area (Å²) < 4.78 is 47.0. The minimum absolute atomic E-state index is 0.395. The second-order valence-corrected chi connectivity index (χ2v) is 10.7. The highest BCUT2D eigenvalue weighted by Gasteiger charge is 2.26. The number of halogens is 2. The molecule has 0 saturated carbocycles. The highest BCUT2D eigenvalue weighted by molar-refractivity contribution is 9.10. The van der Waals surface area contributed by atoms with E-state index >= 15 is 0 Å². The molecular weight excluding hydrogens is 564 g/mol. The summed E-state index contributed by atoms with van der Waals surface area (Å²) >= 11 is 6.81. The van der Waals surface area contributed by atoms with Gasteiger partial charge in [-0.1, -0.05) is 44.0 Å². The molecule has 1 heterocycles. The van der Waals surface area contributed by atoms with Crippen LogP contribution in [-0.2, 0) is 33.5 Å². The van der Waals surface area contributed by atoms with Gasteiger partial charge in [0.25, 0.3) is 10.2 Å². The Morgan fingerprint density at radius 1 is 1.13 bits per heavy atom. The highest BCUT2D eigenvalue weighted by atomic mass is 79.9. The molecule has 1 aliphatic heterocycles. The van der Waals surface area contributed by atoms with Gasteiger partial charge in [0.1, 0.15) is 0 Å². The van der Waals surface area contributed by atoms with E-state index in [-0.39, 0.29) is 0 Å². The van der Waals surface area contributed by atoms with E-state index in [1.54, 1.807) is 19.2 Å². The fourth-order valence-corrected chi connectivity index (χ4v) is 4.22. The summed E-state index contributed by atoms with van der Waals surface area (Å²) in [6, 6.07) is 11.3. The van der Waals surface area contributed by atoms with Gasteiger partial charge >= 0.3 is 10.2 Å². The molecule has 0 radical (unpaired) electrons. The second-order valence-electron chi connectivity index (χ2n) is 6.06. The fraction of sp³-hybridized carbons (Fsp3) is 0.250. The van der Waals surface area contributed by atoms with Crippen LogP contribution < -0.4 is 26.1 Å². The van der Waals surface area contributed by atoms with Crippen molar-refractivity contribution in [2.45, 2.75) is 13.1 Å². The summed E-state index contributed by atoms with van der Waals surface area (Å²) in [5.41, 5.74) is 9.30. The standard InChI is InChI=1S/C8H9BrN2O2S.C8H11BrN2.H4N2O2S/c1-11-5-6-7(9)3-2-4-8(6)10-14(11,12)13;1-11-5-6-7(9)3-2-4-8(6)10;1-5(2,3)4/h2-4,10H,5H2,1H3;2-4,11H,5,10H2,1H3;(H4,1,2,3,4). The number of fused-ring (bicyclic) bond motifs is 1. The molecule has 0 fully saturated rings. The van der Waals surface area contributed by atoms with Crippen LogP contribution in [0.25, 0.3) is 0 Å². The number of nitrogens with zero attached hydrogens (tertiary/aromatic N) is 1. The van der Waals surface area contributed by atoms with Gasteiger partial charge in [0.15, 0.2) is 0 Å². The average molecular weight is 588 g/mol. The van der Waals surface area contributed by atoms with E-state index < -0.39 is 20.4 Å². The van der Waals surface area contributed by atoms with E-state index in [9.17, 15) is 16.8 Å². The molecule has 2 aromatic rings. The predicted octanol–water partition coefficient (Wildman–Crippen LogP) is 1.45. The van der Waals surface area contributed by atoms with Crippen LogP contribution in [0.5, 0.6) is 0 Å². The van der Waals surface area contributed by atoms with Crippen molar-refractivity contribution in [3.63, 3.8) is 0 Å². The molecule has 2 aromatic carbocycles. The van der Waals surface area contributed by atoms with Gasteiger partial charge < -0.3 is 11.1 Å². The Balaban J connectivity index is 0.000000251. The number of anilines is 2. The summed E-state index contributed by atoms with van der Waals surface area (Å²) in [5.74, 6) is 0. The van der Waals surface area contributed by atoms with Crippen LogP contribution in [0.2, 0.25) is 0 Å². The number of hydrogen-bond acceptors (Lipinski definition) is 6. The molecule has 14 heteroatoms. The van der Waals surface area contributed by atoms with Crippen molar-refractivity contribution >= 4 is 63.7 Å². The Morgan fingerprint density at radius 3 is 2.20 bits per heavy atom. The van der Waals surface area contributed by atoms with Crippen molar-refractivity contribution in [1.29, 1.82) is 0 Å². The first-order valence-electron chi connectivity index (χ1n) is 8.25. The van der Waals surface area contributed by atoms with Crippen molar-refractivity contribution in [3.05, 3.63) is 56.5 Å². The van der Waals surface area contributed by atoms with Gasteiger partial charge in [-0.2, -0.15) is 21.1 Å². The van der Waals surface area contributed by atoms with E-state index in [0.29, 0.717) is 12.2 Å². The smallest absolute Gasteiger partial charge is 0.301 e. The Kier molecular flexibility index (Phi) is 10.2. The van der Waals surface area contributed by atoms with Crippen molar-refractivity contribution in [2.75, 3.05) is 24.6 Å². The normalized spacial score (nSPS) is 14.9. The van der Waals surface area contributed by atoms with Crippen LogP contribution >= 0.6 is 31.9 Å². The zero-order valence-corrected chi connectivity index (χ0v) is 21.1. The molecule has 0 aliphatic carbocycles. The van der Waals surface area contributed by atoms with Gasteiger partial charge in [-0.3, -0.25) is 4.72 Å². The molecular formula is C16H24Br2N6O4S2. The zero-order valence-electron chi connectivity index (χ0n) is 16.3. The molecule has 0 aromatic heterocycles. The molecule has 0 saturated heterocycles. The molecule has 30 heavy (non-hydrogen) atoms. The lowest BCUT2D eigenvalue weighted by Crippen LogP contribution is -2.36. The van der Waals surface area contributed by atoms with Gasteiger partial charge in [0, 0.05) is 45.9 Å². The third kappa shape index (κ3) is 8.85. The monoisotopic (exact) mass is 586 g/mol. The lowest BCUT2D eigenvalue weighted by atomic mass is 10.2. The molecule has 0 atom stereocenters. The summed E-state index contributed by atoms with van der Waals surface area (Å²) in [4.78, 5) is 0. The van der Waals surface area contributed by atoms with Crippen LogP contribution in [-0.4, -0.2) is 35.2 Å². The zero-order chi connectivity index (χ0) is 23.1. The number of benzene rings is 2. The second kappa shape index (κ2) is 11.4. The number of nitrogens with one attached hydrogen (secondary N) is 2. The third-order valence-electron chi connectivity index (χ3n) is 3.66. The summed E-state index contributed by atoms with van der Waals surface area (Å²) in [6.45, 7) is 1.19. The van der Waals surface area contributed by atoms with Crippen LogP contribution in [0.1, 0.15) is 11.1 Å². The minimum Gasteiger partial charge on any atom is -0.398 e. The highest BCUT2D eigenvalue weighted by Crippen LogP contribution is 2.31. The maximum absolute atomic E-state index is 11.5. The summed E-state index contributed by atoms with van der Waals surface area (Å²) in [6.07, 6.45) is 0. The number of rotatable bonds is 2. The van der Waals surface area contributed by atoms with Crippen molar-refractivity contribution < 1.29 is 16.8 Å². The van der Waals surface area contributed by atoms with Crippen LogP contribution in [0.4, 0.5) is 11.4 Å². The molecule has 8 N–H and O–H groups in total. The van der Waals surface area contributed by atoms with Crippen molar-refractivity contribution in [2.24, 2.45) is 10.3 Å². The SMILES string of the molecule is CN1Cc2c(Br)cccc2NS1(=O)=O.CNCc1c(N)cccc1Br.NS(N)(=O)=O. The molecule has 0 spiro atoms. The molecule has 1 aliphatic rings. The Morgan fingerprint density at radius 2 is 1.67 bits per heavy atom. The van der Waals surface area contributed by atoms with Gasteiger partial charge in [0.2, 0.25) is 0 Å². The molecule has 10 nitrogen and oxygen atoms in total. The van der Waals surface area contributed by atoms with Crippen LogP contribution in [0, 0.1) is 0 Å². The van der Waals surface area contributed by atoms with Gasteiger partial charge in [0.05, 0.1) is 5.69 Å². The van der Waals surface area contributed by atoms with E-state index in [1.807, 2.05) is 31.3 Å². The number of nitrogen functional groups attached to an aromatic ring is 1. The van der Waals surface area contributed by atoms with Crippen molar-refractivity contribution in [1.82, 2.24) is 9.62 Å². The quantitative estimate of drug-likeness (QED) is 0.332. The van der Waals surface area contributed by atoms with E-state index in [4.69, 9.17) is 5.73 Å². The average Bonchev–Trinajstić information content (AvgIpc) is 2.59. The lowest BCUT2D eigenvalue weighted by molar-refractivity contribution is 0.465. The number of hydrogen-bond donors (Lipinski definition) is 5. The molecule has 0 unspecified atom stereocenters. The topological polar surface area (TPSA) is 174 Å². The minimum atomic E-state index is -3.67. The maximum Gasteiger partial charge on any atom is 0.301 e. The van der Waals surface area contributed by atoms with Gasteiger partial charge in [-0.05, 0) is 31.3 Å². The first-order valence-corrected chi connectivity index (χ1v) is 12.9. The van der Waals surface area contributed by atoms with E-state index in [2.05, 4.69) is 52.2 Å². The van der Waals surface area contributed by atoms with Gasteiger partial charge in [-0.15, -0.1) is 0 Å². The predicted molar refractivity (Wildman–Crippen MR) is 127 cm³/mol. The fourth-order valence-electron chi connectivity index (χ4n) is 2.28. The number of nitrogens with two attached hydrogens (primary N) is 3. The van der Waals surface area contributed by atoms with E-state index in [1.165, 1.54) is 4.31 Å². The first kappa shape index (κ1) is 26.8. The molecule has 0 bridgehead atoms. The lowest BCUT2D eigenvalue weighted by Gasteiger charge is -2.26. The van der Waals surface area contributed by atoms with Crippen molar-refractivity contribution in [3.8, 4) is 0 Å². The van der Waals surface area contributed by atoms with Gasteiger partial charge in [-0.25, -0.2) is 10.3 Å². The first-order chi connectivity index (χ1) is 13.8. The Hall–Kier alpha value is -1.26. The van der Waals surface area contributed by atoms with Crippen LogP contribution in [0.15, 0.2) is 45.3 Å². The molecule has 168 valence electrons. The largest absolute Gasteiger partial charge is 0.398 e. The molecule has 3 rings (SSSR count). The Labute approximate surface area is 193 Å². The van der Waals surface area contributed by atoms with Crippen LogP contribution in [0.3, 0.4) is 0 Å².